The second kappa shape index (κ2) is 31.9. The molecule has 0 aromatic rings. The van der Waals surface area contributed by atoms with E-state index < -0.39 is 0 Å². The van der Waals surface area contributed by atoms with Crippen LogP contribution in [-0.4, -0.2) is 80.8 Å². The summed E-state index contributed by atoms with van der Waals surface area (Å²) in [7, 11) is 5.00. The van der Waals surface area contributed by atoms with Crippen LogP contribution in [0.3, 0.4) is 0 Å². The van der Waals surface area contributed by atoms with E-state index in [0.717, 1.165) is 19.8 Å². The molecule has 0 aliphatic heterocycles. The molecule has 0 spiro atoms. The Kier molecular flexibility index (Phi) is 39.1. The van der Waals surface area contributed by atoms with Crippen LogP contribution in [0.2, 0.25) is 0 Å². The Hall–Kier alpha value is -0.240. The van der Waals surface area contributed by atoms with Gasteiger partial charge in [-0.25, -0.2) is 0 Å². The summed E-state index contributed by atoms with van der Waals surface area (Å²) in [6.45, 7) is 12.5. The van der Waals surface area contributed by atoms with Gasteiger partial charge in [-0.3, -0.25) is 0 Å². The highest BCUT2D eigenvalue weighted by atomic mass is 16.5. The quantitative estimate of drug-likeness (QED) is 0.514. The average Bonchev–Trinajstić information content (AvgIpc) is 2.50. The minimum Gasteiger partial charge on any atom is -0.382 e. The van der Waals surface area contributed by atoms with E-state index in [1.807, 2.05) is 20.8 Å². The van der Waals surface area contributed by atoms with Gasteiger partial charge in [0, 0.05) is 41.2 Å². The van der Waals surface area contributed by atoms with Gasteiger partial charge in [-0.15, -0.1) is 0 Å². The molecule has 0 bridgehead atoms. The van der Waals surface area contributed by atoms with Gasteiger partial charge in [-0.1, -0.05) is 0 Å². The highest BCUT2D eigenvalue weighted by molar-refractivity contribution is 4.23. The maximum atomic E-state index is 4.95. The van der Waals surface area contributed by atoms with Crippen molar-refractivity contribution in [3.63, 3.8) is 0 Å². The molecule has 6 heteroatoms. The van der Waals surface area contributed by atoms with Crippen LogP contribution < -0.4 is 0 Å². The van der Waals surface area contributed by atoms with Crippen LogP contribution in [0.4, 0.5) is 0 Å². The fourth-order valence-electron chi connectivity index (χ4n) is 0.860. The van der Waals surface area contributed by atoms with Crippen molar-refractivity contribution in [1.29, 1.82) is 0 Å². The molecule has 0 atom stereocenters. The van der Waals surface area contributed by atoms with Gasteiger partial charge in [0.05, 0.1) is 39.6 Å². The van der Waals surface area contributed by atoms with E-state index in [1.165, 1.54) is 0 Å². The van der Waals surface area contributed by atoms with Crippen LogP contribution in [0.25, 0.3) is 0 Å². The molecule has 0 amide bonds. The largest absolute Gasteiger partial charge is 0.382 e. The third-order valence-electron chi connectivity index (χ3n) is 1.91. The summed E-state index contributed by atoms with van der Waals surface area (Å²) < 4.78 is 29.0. The summed E-state index contributed by atoms with van der Waals surface area (Å²) in [5.74, 6) is 0. The molecule has 0 aromatic heterocycles. The number of methoxy groups -OCH3 is 3. The minimum atomic E-state index is 0.702. The lowest BCUT2D eigenvalue weighted by Gasteiger charge is -1.96. The zero-order valence-corrected chi connectivity index (χ0v) is 14.8. The molecule has 0 saturated heterocycles. The normalized spacial score (nSPS) is 9.43. The van der Waals surface area contributed by atoms with Crippen LogP contribution in [0.5, 0.6) is 0 Å². The van der Waals surface area contributed by atoms with Gasteiger partial charge in [0.15, 0.2) is 0 Å². The van der Waals surface area contributed by atoms with E-state index in [1.54, 1.807) is 21.3 Å². The number of rotatable bonds is 12. The molecule has 0 aromatic carbocycles. The van der Waals surface area contributed by atoms with E-state index in [0.29, 0.717) is 39.6 Å². The molecule has 0 heterocycles. The SMILES string of the molecule is CCOCCOC.CCOCCOC.CCOCCOC. The standard InChI is InChI=1S/3C5H12O2/c3*1-3-7-5-4-6-2/h3*3-5H2,1-2H3. The topological polar surface area (TPSA) is 55.4 Å². The van der Waals surface area contributed by atoms with Crippen LogP contribution in [0, 0.1) is 0 Å². The molecule has 0 aliphatic rings. The summed E-state index contributed by atoms with van der Waals surface area (Å²) in [5.41, 5.74) is 0. The van der Waals surface area contributed by atoms with Gasteiger partial charge in [0.1, 0.15) is 0 Å². The highest BCUT2D eigenvalue weighted by Gasteiger charge is 1.79. The Bertz CT molecular complexity index is 99.6. The van der Waals surface area contributed by atoms with Gasteiger partial charge in [0.25, 0.3) is 0 Å². The Balaban J connectivity index is -0.000000231. The van der Waals surface area contributed by atoms with Gasteiger partial charge >= 0.3 is 0 Å². The molecule has 21 heavy (non-hydrogen) atoms. The molecule has 132 valence electrons. The molecule has 0 aliphatic carbocycles. The number of ether oxygens (including phenoxy) is 6. The molecular weight excluding hydrogens is 276 g/mol. The summed E-state index contributed by atoms with van der Waals surface area (Å²) in [5, 5.41) is 0. The summed E-state index contributed by atoms with van der Waals surface area (Å²) in [6.07, 6.45) is 0. The molecule has 0 radical (unpaired) electrons. The van der Waals surface area contributed by atoms with Gasteiger partial charge in [-0.05, 0) is 20.8 Å². The maximum absolute atomic E-state index is 4.95. The van der Waals surface area contributed by atoms with Crippen molar-refractivity contribution in [3.8, 4) is 0 Å². The van der Waals surface area contributed by atoms with Crippen molar-refractivity contribution in [2.24, 2.45) is 0 Å². The Morgan fingerprint density at radius 1 is 0.429 bits per heavy atom. The molecule has 0 fully saturated rings. The first kappa shape index (κ1) is 25.7. The van der Waals surface area contributed by atoms with Crippen molar-refractivity contribution in [1.82, 2.24) is 0 Å². The van der Waals surface area contributed by atoms with Crippen molar-refractivity contribution in [3.05, 3.63) is 0 Å². The summed E-state index contributed by atoms with van der Waals surface area (Å²) >= 11 is 0. The zero-order chi connectivity index (χ0) is 16.6. The maximum Gasteiger partial charge on any atom is 0.0700 e. The smallest absolute Gasteiger partial charge is 0.0700 e. The molecule has 0 saturated carbocycles. The van der Waals surface area contributed by atoms with Gasteiger partial charge in [0.2, 0.25) is 0 Å². The van der Waals surface area contributed by atoms with Gasteiger partial charge in [-0.2, -0.15) is 0 Å². The second-order valence-electron chi connectivity index (χ2n) is 3.57. The van der Waals surface area contributed by atoms with Crippen molar-refractivity contribution in [2.75, 3.05) is 80.8 Å². The Labute approximate surface area is 131 Å². The van der Waals surface area contributed by atoms with Gasteiger partial charge < -0.3 is 28.4 Å². The number of hydrogen-bond donors (Lipinski definition) is 0. The first-order valence-electron chi connectivity index (χ1n) is 7.44. The van der Waals surface area contributed by atoms with E-state index in [4.69, 9.17) is 28.4 Å². The number of hydrogen-bond acceptors (Lipinski definition) is 6. The summed E-state index contributed by atoms with van der Waals surface area (Å²) in [4.78, 5) is 0. The molecular formula is C15H36O6. The van der Waals surface area contributed by atoms with Crippen LogP contribution in [-0.2, 0) is 28.4 Å². The fourth-order valence-corrected chi connectivity index (χ4v) is 0.860. The second-order valence-corrected chi connectivity index (χ2v) is 3.57. The first-order valence-corrected chi connectivity index (χ1v) is 7.44. The predicted molar refractivity (Wildman–Crippen MR) is 85.1 cm³/mol. The lowest BCUT2D eigenvalue weighted by atomic mass is 10.7. The predicted octanol–water partition coefficient (Wildman–Crippen LogP) is 2.01. The van der Waals surface area contributed by atoms with E-state index in [2.05, 4.69) is 0 Å². The molecule has 6 nitrogen and oxygen atoms in total. The van der Waals surface area contributed by atoms with Crippen LogP contribution >= 0.6 is 0 Å². The minimum absolute atomic E-state index is 0.702. The fraction of sp³-hybridized carbons (Fsp3) is 1.00. The molecule has 0 unspecified atom stereocenters. The van der Waals surface area contributed by atoms with Crippen molar-refractivity contribution in [2.45, 2.75) is 20.8 Å². The third kappa shape index (κ3) is 45.1. The lowest BCUT2D eigenvalue weighted by Crippen LogP contribution is -2.00. The van der Waals surface area contributed by atoms with E-state index >= 15 is 0 Å². The lowest BCUT2D eigenvalue weighted by molar-refractivity contribution is 0.0777. The Morgan fingerprint density at radius 3 is 0.810 bits per heavy atom. The van der Waals surface area contributed by atoms with Crippen molar-refractivity contribution < 1.29 is 28.4 Å². The first-order chi connectivity index (χ1) is 10.2. The van der Waals surface area contributed by atoms with E-state index in [9.17, 15) is 0 Å². The summed E-state index contributed by atoms with van der Waals surface area (Å²) in [6, 6.07) is 0. The Morgan fingerprint density at radius 2 is 0.667 bits per heavy atom. The molecule has 0 N–H and O–H groups in total. The monoisotopic (exact) mass is 312 g/mol. The van der Waals surface area contributed by atoms with Crippen molar-refractivity contribution >= 4 is 0 Å². The molecule has 0 rings (SSSR count). The van der Waals surface area contributed by atoms with E-state index in [-0.39, 0.29) is 0 Å². The van der Waals surface area contributed by atoms with Crippen LogP contribution in [0.1, 0.15) is 20.8 Å². The average molecular weight is 312 g/mol. The highest BCUT2D eigenvalue weighted by Crippen LogP contribution is 1.72. The zero-order valence-electron chi connectivity index (χ0n) is 14.8. The third-order valence-corrected chi connectivity index (χ3v) is 1.91. The van der Waals surface area contributed by atoms with Crippen LogP contribution in [0.15, 0.2) is 0 Å².